The molecule has 0 amide bonds. The molecule has 0 aromatic carbocycles. The van der Waals surface area contributed by atoms with Crippen LogP contribution in [0.4, 0.5) is 0 Å². The van der Waals surface area contributed by atoms with Gasteiger partial charge in [-0.25, -0.2) is 0 Å². The monoisotopic (exact) mass is 1510 g/mol. The summed E-state index contributed by atoms with van der Waals surface area (Å²) in [4.78, 5) is 34.0. The number of ketones is 3. The molecule has 0 bridgehead atoms. The molecule has 0 radical (unpaired) electrons. The van der Waals surface area contributed by atoms with E-state index in [4.69, 9.17) is 0 Å². The molecule has 108 heavy (non-hydrogen) atoms. The molecule has 5 N–H and O–H groups in total. The second-order valence-corrected chi connectivity index (χ2v) is 40.5. The lowest BCUT2D eigenvalue weighted by molar-refractivity contribution is -0.130. The first-order chi connectivity index (χ1) is 48.8. The summed E-state index contributed by atoms with van der Waals surface area (Å²) in [5.41, 5.74) is 21.8. The molecule has 8 aliphatic rings. The third kappa shape index (κ3) is 35.6. The van der Waals surface area contributed by atoms with Crippen LogP contribution in [-0.4, -0.2) is 73.4 Å². The Labute approximate surface area is 669 Å². The standard InChI is InChI=1S/C10H18O2.C10H16O2.3C10H18O.C10H16O.4C10H18/c1-7(11)10(4)6-8(12)5-9(10,2)3;1-6-7(2)10(3,4)5-8(11)9(6)12;3*1-7-5-9(11)6-10(3,4)8(7)2;1-7-8(2)10(3,4)6-5-9(7)11;2*1-8-6-5-7-10(3,4)9(8)2;2*1-5-10(4)8-6-7-9(2)3/h8,12H,5-6H2,1-4H3;8,11H,5H2,1-4H3;9,11H,5-6H2,1-4H3;2*5,8-9,11H,6H2,1-4H3;5-6H2,1-4H3;5-7H2,1-4H3;6,9H,5,7H2,1-4H3;2*5,7H,6,8H2,1-4H3/b;;;;;;;;2*10-5+/t8-,10-;8-;9-;8?,9-;8-,9-;;;9-;;/m00110..0../s1. The van der Waals surface area contributed by atoms with E-state index in [0.717, 1.165) is 67.6 Å². The Hall–Kier alpha value is -4.05. The molecule has 1 fully saturated rings. The molecule has 0 spiro atoms. The van der Waals surface area contributed by atoms with Gasteiger partial charge in [-0.1, -0.05) is 253 Å². The minimum absolute atomic E-state index is 0.0303. The van der Waals surface area contributed by atoms with Crippen molar-refractivity contribution in [3.63, 3.8) is 0 Å². The fraction of sp³-hybridized carbons (Fsp3) is 0.750. The molecule has 1 unspecified atom stereocenters. The van der Waals surface area contributed by atoms with Gasteiger partial charge in [0.05, 0.1) is 24.4 Å². The van der Waals surface area contributed by atoms with Gasteiger partial charge in [-0.2, -0.15) is 0 Å². The van der Waals surface area contributed by atoms with Crippen LogP contribution in [0, 0.1) is 66.5 Å². The van der Waals surface area contributed by atoms with E-state index < -0.39 is 6.10 Å². The van der Waals surface area contributed by atoms with Crippen molar-refractivity contribution in [3.05, 3.63) is 126 Å². The highest BCUT2D eigenvalue weighted by atomic mass is 16.3. The topological polar surface area (TPSA) is 152 Å². The molecular formula is C100H176O8. The molecule has 8 rings (SSSR count). The Balaban J connectivity index is 0. The predicted molar refractivity (Wildman–Crippen MR) is 472 cm³/mol. The van der Waals surface area contributed by atoms with E-state index in [1.165, 1.54) is 108 Å². The molecule has 0 aromatic rings. The lowest BCUT2D eigenvalue weighted by Crippen LogP contribution is -2.36. The first-order valence-electron chi connectivity index (χ1n) is 42.0. The van der Waals surface area contributed by atoms with Gasteiger partial charge in [0.2, 0.25) is 0 Å². The number of aliphatic hydroxyl groups excluding tert-OH is 5. The summed E-state index contributed by atoms with van der Waals surface area (Å²) in [6.45, 7) is 86.0. The van der Waals surface area contributed by atoms with Gasteiger partial charge in [0, 0.05) is 11.8 Å². The van der Waals surface area contributed by atoms with Gasteiger partial charge in [0.25, 0.3) is 0 Å². The zero-order valence-corrected chi connectivity index (χ0v) is 78.3. The number of carbonyl (C=O) groups excluding carboxylic acids is 3. The van der Waals surface area contributed by atoms with Crippen molar-refractivity contribution in [3.8, 4) is 0 Å². The average Bonchev–Trinajstić information content (AvgIpc) is 1.63. The Morgan fingerprint density at radius 2 is 0.843 bits per heavy atom. The van der Waals surface area contributed by atoms with E-state index in [1.54, 1.807) is 30.6 Å². The summed E-state index contributed by atoms with van der Waals surface area (Å²) in [5.74, 6) is 2.41. The summed E-state index contributed by atoms with van der Waals surface area (Å²) < 4.78 is 0. The van der Waals surface area contributed by atoms with Crippen LogP contribution in [0.2, 0.25) is 0 Å². The third-order valence-electron chi connectivity index (χ3n) is 27.9. The van der Waals surface area contributed by atoms with Crippen molar-refractivity contribution < 1.29 is 39.9 Å². The molecule has 0 aliphatic heterocycles. The fourth-order valence-electron chi connectivity index (χ4n) is 15.9. The minimum atomic E-state index is -0.788. The van der Waals surface area contributed by atoms with E-state index in [9.17, 15) is 39.9 Å². The van der Waals surface area contributed by atoms with Crippen LogP contribution in [0.1, 0.15) is 393 Å². The lowest BCUT2D eigenvalue weighted by atomic mass is 9.67. The van der Waals surface area contributed by atoms with Crippen molar-refractivity contribution in [2.75, 3.05) is 0 Å². The Morgan fingerprint density at radius 3 is 1.17 bits per heavy atom. The number of aliphatic hydroxyl groups is 5. The smallest absolute Gasteiger partial charge is 0.186 e. The number of hydrogen-bond acceptors (Lipinski definition) is 8. The number of rotatable bonds is 7. The molecule has 0 aromatic heterocycles. The molecular weight excluding hydrogens is 1330 g/mol. The molecule has 9 atom stereocenters. The summed E-state index contributed by atoms with van der Waals surface area (Å²) in [5, 5.41) is 47.3. The van der Waals surface area contributed by atoms with Gasteiger partial charge in [0.1, 0.15) is 11.9 Å². The van der Waals surface area contributed by atoms with Crippen molar-refractivity contribution in [2.24, 2.45) is 66.5 Å². The molecule has 8 heteroatoms. The molecule has 624 valence electrons. The van der Waals surface area contributed by atoms with Crippen molar-refractivity contribution in [1.82, 2.24) is 0 Å². The van der Waals surface area contributed by atoms with Crippen LogP contribution in [0.3, 0.4) is 0 Å². The Morgan fingerprint density at radius 1 is 0.444 bits per heavy atom. The van der Waals surface area contributed by atoms with E-state index in [2.05, 4.69) is 273 Å². The normalized spacial score (nSPS) is 28.1. The minimum Gasteiger partial charge on any atom is -0.393 e. The van der Waals surface area contributed by atoms with Gasteiger partial charge in [0.15, 0.2) is 11.6 Å². The van der Waals surface area contributed by atoms with Gasteiger partial charge in [-0.15, -0.1) is 0 Å². The van der Waals surface area contributed by atoms with Crippen LogP contribution >= 0.6 is 0 Å². The zero-order chi connectivity index (χ0) is 85.2. The SMILES string of the molecule is C/C=C(\C)CCC=C(C)C.C/C=C(\C)CCC=C(C)C.CC(=O)[C@]1(C)C[C@@H](O)CC1(C)C.CC1=C(C)C(C)(C)CCC1.CC1=C(C)C(C)(C)CCC1=O.CC1=C(C)C(C)(C)C[C@H](O)C1.CC1=C(C)C(C)(C)C[C@H](O)C1=O.CC1=CCCC(C)(C)[C@H]1C.CC1=C[C@@H](O)CC(C)(C)C1C.CC1=C[C@H](O)CC(C)(C)[C@H]1C. The van der Waals surface area contributed by atoms with Crippen LogP contribution in [0.15, 0.2) is 126 Å². The van der Waals surface area contributed by atoms with E-state index >= 15 is 0 Å². The van der Waals surface area contributed by atoms with Crippen molar-refractivity contribution in [2.45, 2.75) is 423 Å². The van der Waals surface area contributed by atoms with E-state index in [0.29, 0.717) is 41.3 Å². The summed E-state index contributed by atoms with van der Waals surface area (Å²) in [6, 6.07) is 0. The maximum Gasteiger partial charge on any atom is 0.186 e. The molecule has 0 saturated heterocycles. The van der Waals surface area contributed by atoms with Crippen LogP contribution in [-0.2, 0) is 14.4 Å². The quantitative estimate of drug-likeness (QED) is 0.158. The molecule has 8 aliphatic carbocycles. The van der Waals surface area contributed by atoms with Gasteiger partial charge >= 0.3 is 0 Å². The zero-order valence-electron chi connectivity index (χ0n) is 78.3. The van der Waals surface area contributed by atoms with Crippen molar-refractivity contribution >= 4 is 17.3 Å². The van der Waals surface area contributed by atoms with Crippen LogP contribution in [0.25, 0.3) is 0 Å². The average molecular weight is 1510 g/mol. The van der Waals surface area contributed by atoms with E-state index in [-0.39, 0.29) is 73.9 Å². The van der Waals surface area contributed by atoms with Crippen LogP contribution < -0.4 is 0 Å². The van der Waals surface area contributed by atoms with E-state index in [1.807, 2.05) is 32.9 Å². The molecule has 8 nitrogen and oxygen atoms in total. The first kappa shape index (κ1) is 106. The highest BCUT2D eigenvalue weighted by molar-refractivity contribution is 6.00. The predicted octanol–water partition coefficient (Wildman–Crippen LogP) is 27.7. The summed E-state index contributed by atoms with van der Waals surface area (Å²) in [6.07, 6.45) is 32.4. The fourth-order valence-corrected chi connectivity index (χ4v) is 15.9. The molecule has 1 saturated carbocycles. The van der Waals surface area contributed by atoms with Crippen molar-refractivity contribution in [1.29, 1.82) is 0 Å². The molecule has 0 heterocycles. The van der Waals surface area contributed by atoms with Crippen LogP contribution in [0.5, 0.6) is 0 Å². The number of Topliss-reactive ketones (excluding diaryl/α,β-unsaturated/α-hetero) is 3. The summed E-state index contributed by atoms with van der Waals surface area (Å²) in [7, 11) is 0. The highest BCUT2D eigenvalue weighted by Crippen LogP contribution is 2.53. The first-order valence-corrected chi connectivity index (χ1v) is 42.0. The van der Waals surface area contributed by atoms with Gasteiger partial charge < -0.3 is 25.5 Å². The lowest BCUT2D eigenvalue weighted by Gasteiger charge is -2.38. The van der Waals surface area contributed by atoms with Gasteiger partial charge in [-0.3, -0.25) is 14.4 Å². The number of allylic oxidation sites excluding steroid dienone is 18. The maximum absolute atomic E-state index is 11.4. The Bertz CT molecular complexity index is 3150. The third-order valence-corrected chi connectivity index (χ3v) is 27.9. The number of hydrogen-bond donors (Lipinski definition) is 5. The Kier molecular flexibility index (Phi) is 44.9. The summed E-state index contributed by atoms with van der Waals surface area (Å²) >= 11 is 0. The second-order valence-electron chi connectivity index (χ2n) is 40.5. The second kappa shape index (κ2) is 45.7. The number of carbonyl (C=O) groups is 3. The largest absolute Gasteiger partial charge is 0.393 e. The maximum atomic E-state index is 11.4. The van der Waals surface area contributed by atoms with Gasteiger partial charge in [-0.05, 0) is 320 Å². The highest BCUT2D eigenvalue weighted by Gasteiger charge is 2.52.